The van der Waals surface area contributed by atoms with Crippen LogP contribution in [0.5, 0.6) is 5.75 Å². The van der Waals surface area contributed by atoms with Crippen molar-refractivity contribution in [1.82, 2.24) is 9.97 Å². The third-order valence-corrected chi connectivity index (χ3v) is 3.55. The van der Waals surface area contributed by atoms with Gasteiger partial charge in [0.05, 0.1) is 6.10 Å². The van der Waals surface area contributed by atoms with Crippen LogP contribution in [-0.4, -0.2) is 27.8 Å². The first-order valence-electron chi connectivity index (χ1n) is 8.30. The number of hydrogen-bond donors (Lipinski definition) is 1. The minimum Gasteiger partial charge on any atom is -0.489 e. The summed E-state index contributed by atoms with van der Waals surface area (Å²) in [6, 6.07) is 4.70. The molecule has 0 bridgehead atoms. The van der Waals surface area contributed by atoms with Crippen LogP contribution in [0, 0.1) is 5.82 Å². The van der Waals surface area contributed by atoms with E-state index in [1.54, 1.807) is 37.5 Å². The molecular formula is C20H23FN2O2. The van der Waals surface area contributed by atoms with Crippen molar-refractivity contribution < 1.29 is 14.2 Å². The first-order chi connectivity index (χ1) is 12.1. The molecule has 2 aromatic rings. The van der Waals surface area contributed by atoms with Gasteiger partial charge in [-0.15, -0.1) is 0 Å². The summed E-state index contributed by atoms with van der Waals surface area (Å²) in [5.74, 6) is 0.650. The fourth-order valence-electron chi connectivity index (χ4n) is 2.26. The summed E-state index contributed by atoms with van der Waals surface area (Å²) in [6.45, 7) is 5.67. The molecule has 0 saturated carbocycles. The molecule has 4 nitrogen and oxygen atoms in total. The second-order valence-electron chi connectivity index (χ2n) is 5.75. The van der Waals surface area contributed by atoms with Gasteiger partial charge in [0.2, 0.25) is 0 Å². The van der Waals surface area contributed by atoms with E-state index in [2.05, 4.69) is 16.5 Å². The summed E-state index contributed by atoms with van der Waals surface area (Å²) in [5.41, 5.74) is 1.04. The Bertz CT molecular complexity index is 712. The standard InChI is InChI=1S/C20H23FN2O2/c1-3-11-25-17-9-10-18(19(21)12-17)16-13-22-20(23-14-16)8-6-4-5-7-15(2)24/h3,6,8-10,12-15,24H,1,4-5,7,11H2,2H3. The van der Waals surface area contributed by atoms with Gasteiger partial charge >= 0.3 is 0 Å². The van der Waals surface area contributed by atoms with Crippen molar-refractivity contribution in [3.63, 3.8) is 0 Å². The summed E-state index contributed by atoms with van der Waals surface area (Å²) in [5, 5.41) is 9.20. The Hall–Kier alpha value is -2.53. The molecule has 1 aromatic heterocycles. The molecule has 0 aliphatic carbocycles. The summed E-state index contributed by atoms with van der Waals surface area (Å²) in [4.78, 5) is 8.48. The normalized spacial score (nSPS) is 12.3. The minimum atomic E-state index is -0.383. The molecule has 1 N–H and O–H groups in total. The Kier molecular flexibility index (Phi) is 7.29. The number of rotatable bonds is 9. The lowest BCUT2D eigenvalue weighted by atomic mass is 10.1. The molecule has 1 atom stereocenters. The zero-order valence-electron chi connectivity index (χ0n) is 14.4. The van der Waals surface area contributed by atoms with Crippen LogP contribution in [0.15, 0.2) is 49.3 Å². The summed E-state index contributed by atoms with van der Waals surface area (Å²) in [6.07, 6.45) is 10.9. The van der Waals surface area contributed by atoms with Gasteiger partial charge in [-0.2, -0.15) is 0 Å². The van der Waals surface area contributed by atoms with E-state index in [4.69, 9.17) is 4.74 Å². The Morgan fingerprint density at radius 2 is 2.08 bits per heavy atom. The van der Waals surface area contributed by atoms with E-state index in [1.807, 2.05) is 12.2 Å². The van der Waals surface area contributed by atoms with E-state index in [0.29, 0.717) is 29.3 Å². The van der Waals surface area contributed by atoms with E-state index in [1.165, 1.54) is 6.07 Å². The zero-order chi connectivity index (χ0) is 18.1. The van der Waals surface area contributed by atoms with Gasteiger partial charge in [0, 0.05) is 29.6 Å². The molecule has 0 saturated heterocycles. The summed E-state index contributed by atoms with van der Waals surface area (Å²) < 4.78 is 19.5. The molecule has 132 valence electrons. The van der Waals surface area contributed by atoms with Crippen molar-refractivity contribution in [1.29, 1.82) is 0 Å². The zero-order valence-corrected chi connectivity index (χ0v) is 14.4. The molecule has 1 unspecified atom stereocenters. The largest absolute Gasteiger partial charge is 0.489 e. The van der Waals surface area contributed by atoms with Crippen LogP contribution in [0.4, 0.5) is 4.39 Å². The Labute approximate surface area is 147 Å². The van der Waals surface area contributed by atoms with Gasteiger partial charge in [0.25, 0.3) is 0 Å². The minimum absolute atomic E-state index is 0.271. The molecule has 0 aliphatic heterocycles. The molecule has 1 heterocycles. The molecule has 25 heavy (non-hydrogen) atoms. The average Bonchev–Trinajstić information content (AvgIpc) is 2.60. The quantitative estimate of drug-likeness (QED) is 0.542. The third-order valence-electron chi connectivity index (χ3n) is 3.55. The number of aliphatic hydroxyl groups is 1. The monoisotopic (exact) mass is 342 g/mol. The highest BCUT2D eigenvalue weighted by molar-refractivity contribution is 5.63. The van der Waals surface area contributed by atoms with Gasteiger partial charge in [-0.05, 0) is 44.4 Å². The van der Waals surface area contributed by atoms with Crippen molar-refractivity contribution in [3.05, 3.63) is 61.0 Å². The number of ether oxygens (including phenoxy) is 1. The van der Waals surface area contributed by atoms with Crippen molar-refractivity contribution in [2.75, 3.05) is 6.61 Å². The van der Waals surface area contributed by atoms with E-state index >= 15 is 0 Å². The van der Waals surface area contributed by atoms with Crippen molar-refractivity contribution in [2.45, 2.75) is 32.3 Å². The van der Waals surface area contributed by atoms with Crippen LogP contribution in [-0.2, 0) is 0 Å². The van der Waals surface area contributed by atoms with Gasteiger partial charge in [0.1, 0.15) is 18.2 Å². The van der Waals surface area contributed by atoms with Gasteiger partial charge in [0.15, 0.2) is 5.82 Å². The van der Waals surface area contributed by atoms with Crippen LogP contribution in [0.25, 0.3) is 17.2 Å². The van der Waals surface area contributed by atoms with Crippen LogP contribution >= 0.6 is 0 Å². The first-order valence-corrected chi connectivity index (χ1v) is 8.30. The smallest absolute Gasteiger partial charge is 0.151 e. The molecule has 0 spiro atoms. The molecule has 0 aliphatic rings. The molecule has 0 amide bonds. The Morgan fingerprint density at radius 3 is 2.72 bits per heavy atom. The number of allylic oxidation sites excluding steroid dienone is 1. The number of halogens is 1. The molecular weight excluding hydrogens is 319 g/mol. The molecule has 2 rings (SSSR count). The van der Waals surface area contributed by atoms with E-state index < -0.39 is 0 Å². The van der Waals surface area contributed by atoms with E-state index in [9.17, 15) is 9.50 Å². The molecule has 0 fully saturated rings. The number of unbranched alkanes of at least 4 members (excludes halogenated alkanes) is 1. The van der Waals surface area contributed by atoms with Crippen molar-refractivity contribution >= 4 is 6.08 Å². The topological polar surface area (TPSA) is 55.2 Å². The number of hydrogen-bond acceptors (Lipinski definition) is 4. The summed E-state index contributed by atoms with van der Waals surface area (Å²) >= 11 is 0. The number of aliphatic hydroxyl groups excluding tert-OH is 1. The maximum Gasteiger partial charge on any atom is 0.151 e. The van der Waals surface area contributed by atoms with Crippen molar-refractivity contribution in [2.24, 2.45) is 0 Å². The lowest BCUT2D eigenvalue weighted by Gasteiger charge is -2.07. The highest BCUT2D eigenvalue weighted by Gasteiger charge is 2.07. The Morgan fingerprint density at radius 1 is 1.32 bits per heavy atom. The predicted molar refractivity (Wildman–Crippen MR) is 97.7 cm³/mol. The lowest BCUT2D eigenvalue weighted by Crippen LogP contribution is -1.97. The number of benzene rings is 1. The lowest BCUT2D eigenvalue weighted by molar-refractivity contribution is 0.182. The van der Waals surface area contributed by atoms with E-state index in [-0.39, 0.29) is 11.9 Å². The fraction of sp³-hybridized carbons (Fsp3) is 0.300. The Balaban J connectivity index is 1.99. The van der Waals surface area contributed by atoms with Crippen LogP contribution in [0.3, 0.4) is 0 Å². The number of nitrogens with zero attached hydrogens (tertiary/aromatic N) is 2. The second kappa shape index (κ2) is 9.69. The average molecular weight is 342 g/mol. The van der Waals surface area contributed by atoms with Crippen LogP contribution in [0.2, 0.25) is 0 Å². The van der Waals surface area contributed by atoms with Crippen LogP contribution < -0.4 is 4.74 Å². The second-order valence-corrected chi connectivity index (χ2v) is 5.75. The maximum atomic E-state index is 14.2. The van der Waals surface area contributed by atoms with Gasteiger partial charge in [-0.1, -0.05) is 18.7 Å². The highest BCUT2D eigenvalue weighted by atomic mass is 19.1. The molecule has 1 aromatic carbocycles. The number of aromatic nitrogens is 2. The first kappa shape index (κ1) is 18.8. The maximum absolute atomic E-state index is 14.2. The van der Waals surface area contributed by atoms with Crippen LogP contribution in [0.1, 0.15) is 32.0 Å². The van der Waals surface area contributed by atoms with E-state index in [0.717, 1.165) is 19.3 Å². The SMILES string of the molecule is C=CCOc1ccc(-c2cnc(C=CCCCC(C)O)nc2)c(F)c1. The molecule has 5 heteroatoms. The fourth-order valence-corrected chi connectivity index (χ4v) is 2.26. The third kappa shape index (κ3) is 6.12. The predicted octanol–water partition coefficient (Wildman–Crippen LogP) is 4.41. The van der Waals surface area contributed by atoms with Crippen molar-refractivity contribution in [3.8, 4) is 16.9 Å². The van der Waals surface area contributed by atoms with Gasteiger partial charge in [-0.3, -0.25) is 0 Å². The summed E-state index contributed by atoms with van der Waals surface area (Å²) in [7, 11) is 0. The highest BCUT2D eigenvalue weighted by Crippen LogP contribution is 2.25. The van der Waals surface area contributed by atoms with Gasteiger partial charge < -0.3 is 9.84 Å². The van der Waals surface area contributed by atoms with Gasteiger partial charge in [-0.25, -0.2) is 14.4 Å². The molecule has 0 radical (unpaired) electrons.